The number of aryl methyl sites for hydroxylation is 1. The average Bonchev–Trinajstić information content (AvgIpc) is 2.51. The van der Waals surface area contributed by atoms with Crippen LogP contribution in [0.2, 0.25) is 5.02 Å². The van der Waals surface area contributed by atoms with Crippen LogP contribution in [0.5, 0.6) is 0 Å². The molecule has 2 aromatic carbocycles. The van der Waals surface area contributed by atoms with Crippen molar-refractivity contribution in [3.8, 4) is 0 Å². The number of hydrogen-bond acceptors (Lipinski definition) is 2. The first-order chi connectivity index (χ1) is 10.6. The van der Waals surface area contributed by atoms with Gasteiger partial charge in [-0.1, -0.05) is 48.0 Å². The number of carboxylic acid groups (broad SMARTS) is 1. The molecule has 1 amide bonds. The van der Waals surface area contributed by atoms with E-state index in [1.54, 1.807) is 24.3 Å². The van der Waals surface area contributed by atoms with Gasteiger partial charge in [0.05, 0.1) is 5.71 Å². The van der Waals surface area contributed by atoms with Crippen molar-refractivity contribution in [3.05, 3.63) is 70.2 Å². The number of alkyl halides is 1. The smallest absolute Gasteiger partial charge is 0.425 e. The van der Waals surface area contributed by atoms with E-state index < -0.39 is 6.09 Å². The fourth-order valence-electron chi connectivity index (χ4n) is 1.95. The summed E-state index contributed by atoms with van der Waals surface area (Å²) in [7, 11) is 0. The highest BCUT2D eigenvalue weighted by Gasteiger charge is 2.08. The van der Waals surface area contributed by atoms with Crippen molar-refractivity contribution in [1.82, 2.24) is 5.43 Å². The van der Waals surface area contributed by atoms with E-state index >= 15 is 0 Å². The monoisotopic (exact) mass is 336 g/mol. The zero-order valence-corrected chi connectivity index (χ0v) is 13.1. The van der Waals surface area contributed by atoms with Crippen LogP contribution >= 0.6 is 23.2 Å². The first-order valence-corrected chi connectivity index (χ1v) is 7.49. The van der Waals surface area contributed by atoms with Gasteiger partial charge in [-0.2, -0.15) is 5.10 Å². The molecular weight excluding hydrogens is 323 g/mol. The summed E-state index contributed by atoms with van der Waals surface area (Å²) >= 11 is 11.6. The zero-order chi connectivity index (χ0) is 15.9. The number of amides is 1. The molecule has 2 rings (SSSR count). The van der Waals surface area contributed by atoms with Crippen LogP contribution in [0, 0.1) is 0 Å². The second-order valence-electron chi connectivity index (χ2n) is 4.52. The van der Waals surface area contributed by atoms with Gasteiger partial charge in [0.2, 0.25) is 0 Å². The Morgan fingerprint density at radius 1 is 1.05 bits per heavy atom. The molecule has 0 spiro atoms. The van der Waals surface area contributed by atoms with Crippen LogP contribution in [0.4, 0.5) is 4.79 Å². The number of carbonyl (C=O) groups is 1. The highest BCUT2D eigenvalue weighted by atomic mass is 35.5. The highest BCUT2D eigenvalue weighted by molar-refractivity contribution is 6.30. The predicted molar refractivity (Wildman–Crippen MR) is 89.1 cm³/mol. The molecule has 0 aromatic heterocycles. The molecule has 0 heterocycles. The lowest BCUT2D eigenvalue weighted by Gasteiger charge is -2.08. The summed E-state index contributed by atoms with van der Waals surface area (Å²) in [6.07, 6.45) is -0.437. The van der Waals surface area contributed by atoms with Crippen molar-refractivity contribution >= 4 is 35.0 Å². The predicted octanol–water partition coefficient (Wildman–Crippen LogP) is 4.14. The Bertz CT molecular complexity index is 668. The van der Waals surface area contributed by atoms with Crippen molar-refractivity contribution in [2.75, 3.05) is 5.88 Å². The molecule has 4 nitrogen and oxygen atoms in total. The zero-order valence-electron chi connectivity index (χ0n) is 11.6. The van der Waals surface area contributed by atoms with Gasteiger partial charge in [-0.05, 0) is 24.1 Å². The third-order valence-electron chi connectivity index (χ3n) is 2.99. The minimum Gasteiger partial charge on any atom is -0.464 e. The Hall–Kier alpha value is -2.04. The van der Waals surface area contributed by atoms with E-state index in [0.717, 1.165) is 23.1 Å². The fourth-order valence-corrected chi connectivity index (χ4v) is 2.29. The molecule has 2 N–H and O–H groups in total. The van der Waals surface area contributed by atoms with Crippen molar-refractivity contribution in [3.63, 3.8) is 0 Å². The van der Waals surface area contributed by atoms with Crippen LogP contribution in [0.1, 0.15) is 16.7 Å². The molecule has 0 aliphatic carbocycles. The number of hydrazone groups is 1. The quantitative estimate of drug-likeness (QED) is 0.489. The first-order valence-electron chi connectivity index (χ1n) is 6.58. The Balaban J connectivity index is 2.37. The molecule has 6 heteroatoms. The molecule has 0 aliphatic heterocycles. The molecule has 0 bridgehead atoms. The lowest BCUT2D eigenvalue weighted by Crippen LogP contribution is -2.18. The van der Waals surface area contributed by atoms with Gasteiger partial charge in [0.1, 0.15) is 0 Å². The van der Waals surface area contributed by atoms with Gasteiger partial charge in [-0.15, -0.1) is 11.6 Å². The van der Waals surface area contributed by atoms with Crippen molar-refractivity contribution in [2.24, 2.45) is 5.10 Å². The molecular formula is C16H14Cl2N2O2. The fraction of sp³-hybridized carbons (Fsp3) is 0.125. The summed E-state index contributed by atoms with van der Waals surface area (Å²) < 4.78 is 0. The third-order valence-corrected chi connectivity index (χ3v) is 3.43. The summed E-state index contributed by atoms with van der Waals surface area (Å²) in [6, 6.07) is 14.7. The van der Waals surface area contributed by atoms with E-state index in [1.807, 2.05) is 29.7 Å². The molecule has 0 fully saturated rings. The van der Waals surface area contributed by atoms with Gasteiger partial charge in [0.25, 0.3) is 0 Å². The molecule has 114 valence electrons. The number of rotatable bonds is 5. The van der Waals surface area contributed by atoms with Crippen molar-refractivity contribution in [2.45, 2.75) is 6.42 Å². The van der Waals surface area contributed by atoms with E-state index in [9.17, 15) is 4.79 Å². The van der Waals surface area contributed by atoms with E-state index in [-0.39, 0.29) is 0 Å². The molecule has 0 saturated carbocycles. The van der Waals surface area contributed by atoms with Crippen molar-refractivity contribution in [1.29, 1.82) is 0 Å². The van der Waals surface area contributed by atoms with Gasteiger partial charge in [-0.25, -0.2) is 10.2 Å². The standard InChI is InChI=1S/C16H14Cl2N2O2/c17-10-9-11-1-3-12(4-2-11)15(19-20-16(21)22)13-5-7-14(18)8-6-13/h1-8,20H,9-10H2,(H,21,22). The number of hydrogen-bond donors (Lipinski definition) is 2. The Morgan fingerprint density at radius 2 is 1.59 bits per heavy atom. The molecule has 0 saturated heterocycles. The summed E-state index contributed by atoms with van der Waals surface area (Å²) in [5, 5.41) is 13.3. The normalized spacial score (nSPS) is 11.3. The largest absolute Gasteiger partial charge is 0.464 e. The van der Waals surface area contributed by atoms with Crippen LogP contribution in [-0.4, -0.2) is 22.8 Å². The van der Waals surface area contributed by atoms with Crippen LogP contribution in [0.25, 0.3) is 0 Å². The van der Waals surface area contributed by atoms with Crippen LogP contribution < -0.4 is 5.43 Å². The van der Waals surface area contributed by atoms with Gasteiger partial charge in [0, 0.05) is 22.0 Å². The SMILES string of the molecule is O=C(O)NN=C(c1ccc(Cl)cc1)c1ccc(CCCl)cc1. The van der Waals surface area contributed by atoms with Gasteiger partial charge in [-0.3, -0.25) is 0 Å². The molecule has 22 heavy (non-hydrogen) atoms. The summed E-state index contributed by atoms with van der Waals surface area (Å²) in [5.41, 5.74) is 5.25. The van der Waals surface area contributed by atoms with Gasteiger partial charge >= 0.3 is 6.09 Å². The Morgan fingerprint density at radius 3 is 2.09 bits per heavy atom. The lowest BCUT2D eigenvalue weighted by atomic mass is 10.0. The second kappa shape index (κ2) is 7.82. The van der Waals surface area contributed by atoms with Gasteiger partial charge in [0.15, 0.2) is 0 Å². The van der Waals surface area contributed by atoms with Crippen LogP contribution in [-0.2, 0) is 6.42 Å². The topological polar surface area (TPSA) is 61.7 Å². The van der Waals surface area contributed by atoms with E-state index in [0.29, 0.717) is 16.6 Å². The maximum absolute atomic E-state index is 10.7. The number of nitrogens with one attached hydrogen (secondary N) is 1. The Kier molecular flexibility index (Phi) is 5.81. The van der Waals surface area contributed by atoms with Crippen LogP contribution in [0.15, 0.2) is 53.6 Å². The third kappa shape index (κ3) is 4.48. The second-order valence-corrected chi connectivity index (χ2v) is 5.33. The lowest BCUT2D eigenvalue weighted by molar-refractivity contribution is 0.195. The number of halogens is 2. The van der Waals surface area contributed by atoms with Crippen LogP contribution in [0.3, 0.4) is 0 Å². The minimum atomic E-state index is -1.22. The maximum atomic E-state index is 10.7. The number of nitrogens with zero attached hydrogens (tertiary/aromatic N) is 1. The van der Waals surface area contributed by atoms with E-state index in [2.05, 4.69) is 5.10 Å². The summed E-state index contributed by atoms with van der Waals surface area (Å²) in [5.74, 6) is 0.554. The van der Waals surface area contributed by atoms with E-state index in [4.69, 9.17) is 28.3 Å². The molecule has 0 unspecified atom stereocenters. The van der Waals surface area contributed by atoms with Gasteiger partial charge < -0.3 is 5.11 Å². The highest BCUT2D eigenvalue weighted by Crippen LogP contribution is 2.16. The molecule has 2 aromatic rings. The molecule has 0 radical (unpaired) electrons. The van der Waals surface area contributed by atoms with Crippen molar-refractivity contribution < 1.29 is 9.90 Å². The number of benzene rings is 2. The molecule has 0 aliphatic rings. The average molecular weight is 337 g/mol. The Labute approximate surface area is 138 Å². The molecule has 0 atom stereocenters. The summed E-state index contributed by atoms with van der Waals surface area (Å²) in [4.78, 5) is 10.7. The minimum absolute atomic E-state index is 0.525. The maximum Gasteiger partial charge on any atom is 0.425 e. The van der Waals surface area contributed by atoms with E-state index in [1.165, 1.54) is 0 Å². The first kappa shape index (κ1) is 16.3. The summed E-state index contributed by atoms with van der Waals surface area (Å²) in [6.45, 7) is 0.